The molecule has 0 fully saturated rings. The molecule has 2 aromatic rings. The predicted octanol–water partition coefficient (Wildman–Crippen LogP) is 5.99. The number of aryl methyl sites for hydroxylation is 3. The van der Waals surface area contributed by atoms with Crippen molar-refractivity contribution in [3.63, 3.8) is 0 Å². The molecule has 0 amide bonds. The predicted molar refractivity (Wildman–Crippen MR) is 105 cm³/mol. The molecule has 0 radical (unpaired) electrons. The van der Waals surface area contributed by atoms with Crippen molar-refractivity contribution in [2.75, 3.05) is 0 Å². The van der Waals surface area contributed by atoms with Crippen LogP contribution in [0.5, 0.6) is 5.75 Å². The molecule has 1 atom stereocenters. The Bertz CT molecular complexity index is 794. The molecule has 0 saturated heterocycles. The third-order valence-electron chi connectivity index (χ3n) is 4.78. The SMILES string of the molecule is CC.Cc1ccc(C2C(=O)Oc3c(C)cc(C(C)(C)C)cc32)cc1C. The van der Waals surface area contributed by atoms with E-state index in [1.54, 1.807) is 0 Å². The fraction of sp³-hybridized carbons (Fsp3) is 0.435. The highest BCUT2D eigenvalue weighted by molar-refractivity contribution is 5.90. The molecule has 0 aliphatic carbocycles. The van der Waals surface area contributed by atoms with Crippen molar-refractivity contribution < 1.29 is 9.53 Å². The molecular formula is C23H30O2. The quantitative estimate of drug-likeness (QED) is 0.472. The zero-order valence-electron chi connectivity index (χ0n) is 16.8. The average molecular weight is 338 g/mol. The van der Waals surface area contributed by atoms with Crippen LogP contribution < -0.4 is 4.74 Å². The molecule has 3 rings (SSSR count). The number of fused-ring (bicyclic) bond motifs is 1. The van der Waals surface area contributed by atoms with E-state index < -0.39 is 0 Å². The van der Waals surface area contributed by atoms with E-state index in [1.165, 1.54) is 16.7 Å². The standard InChI is InChI=1S/C21H24O2.C2H6/c1-12-7-8-15(9-13(12)2)18-17-11-16(21(4,5)6)10-14(3)19(17)23-20(18)22;1-2/h7-11,18H,1-6H3;1-2H3. The van der Waals surface area contributed by atoms with Gasteiger partial charge in [-0.1, -0.05) is 65.0 Å². The number of hydrogen-bond donors (Lipinski definition) is 0. The lowest BCUT2D eigenvalue weighted by atomic mass is 9.82. The summed E-state index contributed by atoms with van der Waals surface area (Å²) in [6.07, 6.45) is 0. The maximum Gasteiger partial charge on any atom is 0.323 e. The first-order chi connectivity index (χ1) is 11.7. The van der Waals surface area contributed by atoms with E-state index in [0.29, 0.717) is 0 Å². The molecule has 1 heterocycles. The average Bonchev–Trinajstić information content (AvgIpc) is 2.88. The maximum absolute atomic E-state index is 12.5. The minimum atomic E-state index is -0.315. The van der Waals surface area contributed by atoms with Crippen LogP contribution >= 0.6 is 0 Å². The van der Waals surface area contributed by atoms with E-state index >= 15 is 0 Å². The Balaban J connectivity index is 0.00000109. The van der Waals surface area contributed by atoms with E-state index in [4.69, 9.17) is 4.74 Å². The Kier molecular flexibility index (Phi) is 5.41. The van der Waals surface area contributed by atoms with Gasteiger partial charge in [-0.05, 0) is 54.0 Å². The van der Waals surface area contributed by atoms with Gasteiger partial charge in [-0.25, -0.2) is 0 Å². The molecule has 1 unspecified atom stereocenters. The van der Waals surface area contributed by atoms with Crippen molar-refractivity contribution in [3.05, 3.63) is 63.7 Å². The fourth-order valence-corrected chi connectivity index (χ4v) is 3.13. The summed E-state index contributed by atoms with van der Waals surface area (Å²) in [5, 5.41) is 0. The third kappa shape index (κ3) is 3.63. The normalized spacial score (nSPS) is 16.0. The highest BCUT2D eigenvalue weighted by Crippen LogP contribution is 2.43. The smallest absolute Gasteiger partial charge is 0.323 e. The van der Waals surface area contributed by atoms with Gasteiger partial charge in [-0.3, -0.25) is 4.79 Å². The van der Waals surface area contributed by atoms with Crippen LogP contribution in [0.3, 0.4) is 0 Å². The van der Waals surface area contributed by atoms with Gasteiger partial charge in [0.2, 0.25) is 0 Å². The Morgan fingerprint density at radius 3 is 2.08 bits per heavy atom. The fourth-order valence-electron chi connectivity index (χ4n) is 3.13. The van der Waals surface area contributed by atoms with E-state index in [2.05, 4.69) is 58.9 Å². The molecule has 134 valence electrons. The van der Waals surface area contributed by atoms with Crippen LogP contribution in [0.25, 0.3) is 0 Å². The van der Waals surface area contributed by atoms with Crippen LogP contribution in [0.15, 0.2) is 30.3 Å². The topological polar surface area (TPSA) is 26.3 Å². The molecule has 2 heteroatoms. The van der Waals surface area contributed by atoms with Crippen molar-refractivity contribution in [3.8, 4) is 5.75 Å². The van der Waals surface area contributed by atoms with Gasteiger partial charge < -0.3 is 4.74 Å². The van der Waals surface area contributed by atoms with Gasteiger partial charge >= 0.3 is 5.97 Å². The van der Waals surface area contributed by atoms with Crippen LogP contribution in [0.2, 0.25) is 0 Å². The third-order valence-corrected chi connectivity index (χ3v) is 4.78. The lowest BCUT2D eigenvalue weighted by Crippen LogP contribution is -2.13. The Morgan fingerprint density at radius 2 is 1.52 bits per heavy atom. The first-order valence-corrected chi connectivity index (χ1v) is 9.12. The summed E-state index contributed by atoms with van der Waals surface area (Å²) in [7, 11) is 0. The van der Waals surface area contributed by atoms with Crippen molar-refractivity contribution in [1.82, 2.24) is 0 Å². The van der Waals surface area contributed by atoms with Crippen LogP contribution in [0.4, 0.5) is 0 Å². The lowest BCUT2D eigenvalue weighted by molar-refractivity contribution is -0.133. The first-order valence-electron chi connectivity index (χ1n) is 9.12. The van der Waals surface area contributed by atoms with E-state index in [9.17, 15) is 4.79 Å². The van der Waals surface area contributed by atoms with E-state index in [0.717, 1.165) is 22.4 Å². The number of carbonyl (C=O) groups excluding carboxylic acids is 1. The molecule has 0 N–H and O–H groups in total. The zero-order chi connectivity index (χ0) is 18.9. The first kappa shape index (κ1) is 19.2. The number of hydrogen-bond acceptors (Lipinski definition) is 2. The van der Waals surface area contributed by atoms with Gasteiger partial charge in [0.25, 0.3) is 0 Å². The Labute approximate surface area is 152 Å². The number of rotatable bonds is 1. The summed E-state index contributed by atoms with van der Waals surface area (Å²) < 4.78 is 5.60. The number of benzene rings is 2. The Morgan fingerprint density at radius 1 is 0.880 bits per heavy atom. The summed E-state index contributed by atoms with van der Waals surface area (Å²) in [5.41, 5.74) is 6.77. The van der Waals surface area contributed by atoms with Crippen LogP contribution in [-0.4, -0.2) is 5.97 Å². The minimum Gasteiger partial charge on any atom is -0.425 e. The van der Waals surface area contributed by atoms with Crippen LogP contribution in [-0.2, 0) is 10.2 Å². The summed E-state index contributed by atoms with van der Waals surface area (Å²) >= 11 is 0. The van der Waals surface area contributed by atoms with Gasteiger partial charge in [0.15, 0.2) is 0 Å². The molecule has 25 heavy (non-hydrogen) atoms. The molecule has 2 aromatic carbocycles. The zero-order valence-corrected chi connectivity index (χ0v) is 16.8. The summed E-state index contributed by atoms with van der Waals surface area (Å²) in [6, 6.07) is 10.5. The van der Waals surface area contributed by atoms with Crippen molar-refractivity contribution in [2.24, 2.45) is 0 Å². The molecule has 0 bridgehead atoms. The second-order valence-corrected chi connectivity index (χ2v) is 7.66. The summed E-state index contributed by atoms with van der Waals surface area (Å²) in [6.45, 7) is 16.8. The molecule has 0 spiro atoms. The van der Waals surface area contributed by atoms with Gasteiger partial charge in [-0.2, -0.15) is 0 Å². The maximum atomic E-state index is 12.5. The molecule has 1 aliphatic rings. The van der Waals surface area contributed by atoms with Crippen LogP contribution in [0, 0.1) is 20.8 Å². The molecule has 0 saturated carbocycles. The largest absolute Gasteiger partial charge is 0.425 e. The van der Waals surface area contributed by atoms with Crippen molar-refractivity contribution in [1.29, 1.82) is 0 Å². The molecule has 0 aromatic heterocycles. The van der Waals surface area contributed by atoms with Gasteiger partial charge in [-0.15, -0.1) is 0 Å². The molecule has 1 aliphatic heterocycles. The second kappa shape index (κ2) is 7.03. The number of carbonyl (C=O) groups is 1. The van der Waals surface area contributed by atoms with Crippen molar-refractivity contribution >= 4 is 5.97 Å². The highest BCUT2D eigenvalue weighted by Gasteiger charge is 2.36. The second-order valence-electron chi connectivity index (χ2n) is 7.66. The van der Waals surface area contributed by atoms with Gasteiger partial charge in [0.1, 0.15) is 11.7 Å². The number of ether oxygens (including phenoxy) is 1. The molecular weight excluding hydrogens is 308 g/mol. The lowest BCUT2D eigenvalue weighted by Gasteiger charge is -2.21. The van der Waals surface area contributed by atoms with E-state index in [1.807, 2.05) is 26.8 Å². The molecule has 2 nitrogen and oxygen atoms in total. The monoisotopic (exact) mass is 338 g/mol. The highest BCUT2D eigenvalue weighted by atomic mass is 16.5. The van der Waals surface area contributed by atoms with Gasteiger partial charge in [0.05, 0.1) is 0 Å². The van der Waals surface area contributed by atoms with Gasteiger partial charge in [0, 0.05) is 5.56 Å². The van der Waals surface area contributed by atoms with Crippen molar-refractivity contribution in [2.45, 2.75) is 66.7 Å². The number of esters is 1. The van der Waals surface area contributed by atoms with Crippen LogP contribution in [0.1, 0.15) is 73.9 Å². The Hall–Kier alpha value is -2.09. The minimum absolute atomic E-state index is 0.0408. The summed E-state index contributed by atoms with van der Waals surface area (Å²) in [4.78, 5) is 12.5. The summed E-state index contributed by atoms with van der Waals surface area (Å²) in [5.74, 6) is 0.258. The van der Waals surface area contributed by atoms with E-state index in [-0.39, 0.29) is 17.3 Å².